The second kappa shape index (κ2) is 7.15. The van der Waals surface area contributed by atoms with Gasteiger partial charge in [-0.3, -0.25) is 4.21 Å². The van der Waals surface area contributed by atoms with E-state index in [1.807, 2.05) is 26.0 Å². The molecule has 2 rings (SSSR count). The third-order valence-corrected chi connectivity index (χ3v) is 4.34. The molecule has 0 saturated heterocycles. The van der Waals surface area contributed by atoms with E-state index in [0.717, 1.165) is 11.0 Å². The van der Waals surface area contributed by atoms with Gasteiger partial charge in [0.15, 0.2) is 0 Å². The standard InChI is InChI=1S/C15H19ClN2O3S/c1-9(8-22(3)20)17-15(19)18-10(2)14-7-11-6-12(16)4-5-13(11)21-14/h4-7,9-10H,8H2,1-3H3,(H2,17,18,19)/t9-,10-,22-/m1/s1. The number of fused-ring (bicyclic) bond motifs is 1. The molecule has 0 spiro atoms. The number of amides is 2. The Labute approximate surface area is 136 Å². The van der Waals surface area contributed by atoms with Crippen LogP contribution in [0.5, 0.6) is 0 Å². The molecule has 1 aromatic carbocycles. The molecule has 7 heteroatoms. The van der Waals surface area contributed by atoms with E-state index in [-0.39, 0.29) is 18.1 Å². The molecule has 0 radical (unpaired) electrons. The molecule has 120 valence electrons. The van der Waals surface area contributed by atoms with E-state index in [0.29, 0.717) is 16.5 Å². The quantitative estimate of drug-likeness (QED) is 0.876. The van der Waals surface area contributed by atoms with Gasteiger partial charge in [0.2, 0.25) is 0 Å². The van der Waals surface area contributed by atoms with Crippen molar-refractivity contribution in [3.05, 3.63) is 35.0 Å². The lowest BCUT2D eigenvalue weighted by molar-refractivity contribution is 0.234. The number of urea groups is 1. The van der Waals surface area contributed by atoms with E-state index >= 15 is 0 Å². The van der Waals surface area contributed by atoms with Gasteiger partial charge in [-0.1, -0.05) is 11.6 Å². The van der Waals surface area contributed by atoms with Gasteiger partial charge in [-0.2, -0.15) is 0 Å². The molecule has 2 N–H and O–H groups in total. The van der Waals surface area contributed by atoms with Gasteiger partial charge in [-0.05, 0) is 38.1 Å². The maximum Gasteiger partial charge on any atom is 0.315 e. The molecule has 1 heterocycles. The Bertz CT molecular complexity index is 701. The summed E-state index contributed by atoms with van der Waals surface area (Å²) in [6, 6.07) is 6.47. The predicted octanol–water partition coefficient (Wildman–Crippen LogP) is 3.21. The molecule has 1 aromatic heterocycles. The lowest BCUT2D eigenvalue weighted by Gasteiger charge is -2.16. The summed E-state index contributed by atoms with van der Waals surface area (Å²) < 4.78 is 16.8. The van der Waals surface area contributed by atoms with Crippen LogP contribution in [0, 0.1) is 0 Å². The fourth-order valence-corrected chi connectivity index (χ4v) is 3.14. The van der Waals surface area contributed by atoms with Gasteiger partial charge >= 0.3 is 6.03 Å². The second-order valence-corrected chi connectivity index (χ2v) is 7.23. The van der Waals surface area contributed by atoms with E-state index in [1.165, 1.54) is 0 Å². The summed E-state index contributed by atoms with van der Waals surface area (Å²) in [4.78, 5) is 11.9. The van der Waals surface area contributed by atoms with Crippen LogP contribution in [-0.4, -0.2) is 28.3 Å². The molecule has 0 aliphatic rings. The third kappa shape index (κ3) is 4.48. The molecule has 0 aliphatic carbocycles. The Hall–Kier alpha value is -1.53. The molecule has 22 heavy (non-hydrogen) atoms. The monoisotopic (exact) mass is 342 g/mol. The van der Waals surface area contributed by atoms with E-state index < -0.39 is 10.8 Å². The number of carbonyl (C=O) groups excluding carboxylic acids is 1. The van der Waals surface area contributed by atoms with Crippen molar-refractivity contribution in [1.82, 2.24) is 10.6 Å². The highest BCUT2D eigenvalue weighted by atomic mass is 35.5. The van der Waals surface area contributed by atoms with Gasteiger partial charge in [0.25, 0.3) is 0 Å². The van der Waals surface area contributed by atoms with Crippen LogP contribution in [0.25, 0.3) is 11.0 Å². The Balaban J connectivity index is 1.99. The zero-order valence-corrected chi connectivity index (χ0v) is 14.3. The summed E-state index contributed by atoms with van der Waals surface area (Å²) in [6.07, 6.45) is 1.61. The Morgan fingerprint density at radius 2 is 2.05 bits per heavy atom. The number of nitrogens with one attached hydrogen (secondary N) is 2. The molecule has 0 saturated carbocycles. The first kappa shape index (κ1) is 16.8. The van der Waals surface area contributed by atoms with Crippen LogP contribution in [-0.2, 0) is 10.8 Å². The number of benzene rings is 1. The number of halogens is 1. The van der Waals surface area contributed by atoms with Crippen LogP contribution in [0.3, 0.4) is 0 Å². The summed E-state index contributed by atoms with van der Waals surface area (Å²) in [6.45, 7) is 3.65. The zero-order chi connectivity index (χ0) is 16.3. The van der Waals surface area contributed by atoms with Crippen molar-refractivity contribution in [3.63, 3.8) is 0 Å². The minimum Gasteiger partial charge on any atom is -0.459 e. The first-order valence-electron chi connectivity index (χ1n) is 6.91. The molecule has 0 unspecified atom stereocenters. The molecule has 2 aromatic rings. The van der Waals surface area contributed by atoms with Crippen molar-refractivity contribution in [1.29, 1.82) is 0 Å². The minimum absolute atomic E-state index is 0.160. The molecule has 2 amide bonds. The average molecular weight is 343 g/mol. The number of carbonyl (C=O) groups is 1. The Kier molecular flexibility index (Phi) is 5.47. The highest BCUT2D eigenvalue weighted by Gasteiger charge is 2.16. The third-order valence-electron chi connectivity index (χ3n) is 3.13. The molecule has 3 atom stereocenters. The van der Waals surface area contributed by atoms with E-state index in [4.69, 9.17) is 16.0 Å². The van der Waals surface area contributed by atoms with E-state index in [9.17, 15) is 9.00 Å². The molecule has 0 bridgehead atoms. The minimum atomic E-state index is -0.947. The summed E-state index contributed by atoms with van der Waals surface area (Å²) in [5.41, 5.74) is 0.725. The van der Waals surface area contributed by atoms with E-state index in [1.54, 1.807) is 18.4 Å². The maximum absolute atomic E-state index is 11.9. The summed E-state index contributed by atoms with van der Waals surface area (Å²) in [5.74, 6) is 1.07. The number of rotatable bonds is 5. The first-order valence-corrected chi connectivity index (χ1v) is 9.01. The predicted molar refractivity (Wildman–Crippen MR) is 89.7 cm³/mol. The van der Waals surface area contributed by atoms with Gasteiger partial charge in [0.05, 0.1) is 6.04 Å². The normalized spacial score (nSPS) is 15.3. The maximum atomic E-state index is 11.9. The number of hydrogen-bond acceptors (Lipinski definition) is 3. The fraction of sp³-hybridized carbons (Fsp3) is 0.400. The fourth-order valence-electron chi connectivity index (χ4n) is 2.18. The SMILES string of the molecule is C[C@H](C[S@@](C)=O)NC(=O)N[C@H](C)c1cc2cc(Cl)ccc2o1. The molecular weight excluding hydrogens is 324 g/mol. The van der Waals surface area contributed by atoms with Gasteiger partial charge in [-0.25, -0.2) is 4.79 Å². The molecule has 5 nitrogen and oxygen atoms in total. The van der Waals surface area contributed by atoms with E-state index in [2.05, 4.69) is 10.6 Å². The Morgan fingerprint density at radius 1 is 1.32 bits per heavy atom. The van der Waals surface area contributed by atoms with Crippen molar-refractivity contribution in [2.75, 3.05) is 12.0 Å². The second-order valence-electron chi connectivity index (χ2n) is 5.31. The summed E-state index contributed by atoms with van der Waals surface area (Å²) >= 11 is 5.94. The van der Waals surface area contributed by atoms with Crippen LogP contribution < -0.4 is 10.6 Å². The Morgan fingerprint density at radius 3 is 2.73 bits per heavy atom. The van der Waals surface area contributed by atoms with Gasteiger partial charge in [0, 0.05) is 39.3 Å². The smallest absolute Gasteiger partial charge is 0.315 e. The van der Waals surface area contributed by atoms with Crippen molar-refractivity contribution in [3.8, 4) is 0 Å². The molecular formula is C15H19ClN2O3S. The van der Waals surface area contributed by atoms with Crippen LogP contribution >= 0.6 is 11.6 Å². The van der Waals surface area contributed by atoms with Gasteiger partial charge in [-0.15, -0.1) is 0 Å². The van der Waals surface area contributed by atoms with Crippen molar-refractivity contribution >= 4 is 39.4 Å². The lowest BCUT2D eigenvalue weighted by Crippen LogP contribution is -2.43. The largest absolute Gasteiger partial charge is 0.459 e. The van der Waals surface area contributed by atoms with Gasteiger partial charge < -0.3 is 15.1 Å². The lowest BCUT2D eigenvalue weighted by atomic mass is 10.2. The van der Waals surface area contributed by atoms with Crippen LogP contribution in [0.2, 0.25) is 5.02 Å². The van der Waals surface area contributed by atoms with Crippen molar-refractivity contribution < 1.29 is 13.4 Å². The van der Waals surface area contributed by atoms with Crippen LogP contribution in [0.1, 0.15) is 25.6 Å². The average Bonchev–Trinajstić information content (AvgIpc) is 2.80. The first-order chi connectivity index (χ1) is 10.3. The highest BCUT2D eigenvalue weighted by Crippen LogP contribution is 2.26. The van der Waals surface area contributed by atoms with Crippen molar-refractivity contribution in [2.24, 2.45) is 0 Å². The highest BCUT2D eigenvalue weighted by molar-refractivity contribution is 7.84. The number of furan rings is 1. The van der Waals surface area contributed by atoms with Crippen LogP contribution in [0.4, 0.5) is 4.79 Å². The molecule has 0 fully saturated rings. The van der Waals surface area contributed by atoms with Crippen LogP contribution in [0.15, 0.2) is 28.7 Å². The zero-order valence-electron chi connectivity index (χ0n) is 12.7. The topological polar surface area (TPSA) is 71.3 Å². The summed E-state index contributed by atoms with van der Waals surface area (Å²) in [7, 11) is -0.947. The van der Waals surface area contributed by atoms with Crippen molar-refractivity contribution in [2.45, 2.75) is 25.9 Å². The summed E-state index contributed by atoms with van der Waals surface area (Å²) in [5, 5.41) is 7.08. The van der Waals surface area contributed by atoms with Gasteiger partial charge in [0.1, 0.15) is 11.3 Å². The molecule has 0 aliphatic heterocycles. The number of hydrogen-bond donors (Lipinski definition) is 2.